The molecule has 0 aliphatic heterocycles. The summed E-state index contributed by atoms with van der Waals surface area (Å²) in [6, 6.07) is 14.1. The van der Waals surface area contributed by atoms with Crippen molar-refractivity contribution in [3.8, 4) is 5.69 Å². The van der Waals surface area contributed by atoms with E-state index in [1.54, 1.807) is 0 Å². The van der Waals surface area contributed by atoms with Gasteiger partial charge in [-0.3, -0.25) is 0 Å². The molecule has 1 heterocycles. The Morgan fingerprint density at radius 3 is 2.24 bits per heavy atom. The minimum absolute atomic E-state index is 0.137. The maximum Gasteiger partial charge on any atom is 0.153 e. The SMILES string of the molecule is CC(C)(C)c1ccc(-n2nc(N)c3cc(N)ccc32)cc1. The second-order valence-corrected chi connectivity index (χ2v) is 6.37. The van der Waals surface area contributed by atoms with E-state index in [9.17, 15) is 0 Å². The van der Waals surface area contributed by atoms with E-state index in [4.69, 9.17) is 11.5 Å². The third-order valence-corrected chi connectivity index (χ3v) is 3.71. The molecular formula is C17H20N4. The second kappa shape index (κ2) is 4.52. The molecule has 4 N–H and O–H groups in total. The molecule has 0 radical (unpaired) electrons. The highest BCUT2D eigenvalue weighted by Gasteiger charge is 2.14. The van der Waals surface area contributed by atoms with Gasteiger partial charge in [0.25, 0.3) is 0 Å². The lowest BCUT2D eigenvalue weighted by Crippen LogP contribution is -2.11. The van der Waals surface area contributed by atoms with Crippen LogP contribution >= 0.6 is 0 Å². The van der Waals surface area contributed by atoms with Crippen LogP contribution in [-0.4, -0.2) is 9.78 Å². The van der Waals surface area contributed by atoms with Gasteiger partial charge in [0.15, 0.2) is 5.82 Å². The molecule has 0 aliphatic carbocycles. The van der Waals surface area contributed by atoms with Crippen LogP contribution in [0.2, 0.25) is 0 Å². The van der Waals surface area contributed by atoms with Crippen molar-refractivity contribution in [2.45, 2.75) is 26.2 Å². The van der Waals surface area contributed by atoms with Gasteiger partial charge in [0.05, 0.1) is 11.2 Å². The highest BCUT2D eigenvalue weighted by molar-refractivity contribution is 5.92. The van der Waals surface area contributed by atoms with Crippen molar-refractivity contribution >= 4 is 22.4 Å². The Bertz CT molecular complexity index is 792. The molecule has 0 fully saturated rings. The minimum Gasteiger partial charge on any atom is -0.399 e. The Balaban J connectivity index is 2.13. The topological polar surface area (TPSA) is 69.9 Å². The second-order valence-electron chi connectivity index (χ2n) is 6.37. The molecule has 1 aromatic heterocycles. The van der Waals surface area contributed by atoms with Crippen LogP contribution in [0.5, 0.6) is 0 Å². The van der Waals surface area contributed by atoms with E-state index in [-0.39, 0.29) is 5.41 Å². The van der Waals surface area contributed by atoms with Crippen molar-refractivity contribution in [1.29, 1.82) is 0 Å². The molecule has 4 nitrogen and oxygen atoms in total. The molecule has 0 bridgehead atoms. The van der Waals surface area contributed by atoms with Crippen LogP contribution in [0.3, 0.4) is 0 Å². The monoisotopic (exact) mass is 280 g/mol. The van der Waals surface area contributed by atoms with Crippen LogP contribution in [0.1, 0.15) is 26.3 Å². The number of hydrogen-bond acceptors (Lipinski definition) is 3. The zero-order valence-corrected chi connectivity index (χ0v) is 12.6. The molecule has 3 rings (SSSR count). The summed E-state index contributed by atoms with van der Waals surface area (Å²) in [7, 11) is 0. The lowest BCUT2D eigenvalue weighted by molar-refractivity contribution is 0.590. The molecule has 4 heteroatoms. The van der Waals surface area contributed by atoms with Crippen LogP contribution in [0.4, 0.5) is 11.5 Å². The molecule has 0 unspecified atom stereocenters. The average molecular weight is 280 g/mol. The minimum atomic E-state index is 0.137. The smallest absolute Gasteiger partial charge is 0.153 e. The van der Waals surface area contributed by atoms with Crippen molar-refractivity contribution in [2.75, 3.05) is 11.5 Å². The van der Waals surface area contributed by atoms with E-state index >= 15 is 0 Å². The van der Waals surface area contributed by atoms with Crippen LogP contribution < -0.4 is 11.5 Å². The Kier molecular flexibility index (Phi) is 2.90. The maximum absolute atomic E-state index is 5.99. The number of nitrogens with zero attached hydrogens (tertiary/aromatic N) is 2. The van der Waals surface area contributed by atoms with Gasteiger partial charge in [-0.05, 0) is 41.3 Å². The van der Waals surface area contributed by atoms with E-state index in [0.29, 0.717) is 11.5 Å². The summed E-state index contributed by atoms with van der Waals surface area (Å²) < 4.78 is 1.86. The van der Waals surface area contributed by atoms with Gasteiger partial charge in [0.1, 0.15) is 0 Å². The number of nitrogen functional groups attached to an aromatic ring is 2. The molecule has 108 valence electrons. The van der Waals surface area contributed by atoms with Crippen molar-refractivity contribution in [3.05, 3.63) is 48.0 Å². The summed E-state index contributed by atoms with van der Waals surface area (Å²) in [6.07, 6.45) is 0. The van der Waals surface area contributed by atoms with E-state index in [0.717, 1.165) is 16.6 Å². The van der Waals surface area contributed by atoms with Gasteiger partial charge in [-0.2, -0.15) is 0 Å². The summed E-state index contributed by atoms with van der Waals surface area (Å²) in [5, 5.41) is 5.32. The fourth-order valence-electron chi connectivity index (χ4n) is 2.46. The van der Waals surface area contributed by atoms with Gasteiger partial charge in [-0.25, -0.2) is 4.68 Å². The number of fused-ring (bicyclic) bond motifs is 1. The molecular weight excluding hydrogens is 260 g/mol. The molecule has 0 spiro atoms. The molecule has 0 atom stereocenters. The number of nitrogens with two attached hydrogens (primary N) is 2. The van der Waals surface area contributed by atoms with Crippen molar-refractivity contribution in [1.82, 2.24) is 9.78 Å². The Hall–Kier alpha value is -2.49. The van der Waals surface area contributed by atoms with Crippen molar-refractivity contribution in [3.63, 3.8) is 0 Å². The normalized spacial score (nSPS) is 12.0. The van der Waals surface area contributed by atoms with Gasteiger partial charge < -0.3 is 11.5 Å². The standard InChI is InChI=1S/C17H20N4/c1-17(2,3)11-4-7-13(8-5-11)21-15-9-6-12(18)10-14(15)16(19)20-21/h4-10H,18H2,1-3H3,(H2,19,20). The van der Waals surface area contributed by atoms with Gasteiger partial charge >= 0.3 is 0 Å². The Morgan fingerprint density at radius 2 is 1.62 bits per heavy atom. The largest absolute Gasteiger partial charge is 0.399 e. The van der Waals surface area contributed by atoms with Crippen molar-refractivity contribution < 1.29 is 0 Å². The lowest BCUT2D eigenvalue weighted by atomic mass is 9.87. The maximum atomic E-state index is 5.99. The van der Waals surface area contributed by atoms with E-state index < -0.39 is 0 Å². The summed E-state index contributed by atoms with van der Waals surface area (Å²) in [5.41, 5.74) is 15.9. The first kappa shape index (κ1) is 13.5. The average Bonchev–Trinajstić information content (AvgIpc) is 2.75. The number of anilines is 2. The van der Waals surface area contributed by atoms with E-state index in [1.807, 2.05) is 22.9 Å². The number of rotatable bonds is 1. The lowest BCUT2D eigenvalue weighted by Gasteiger charge is -2.19. The molecule has 21 heavy (non-hydrogen) atoms. The van der Waals surface area contributed by atoms with Crippen LogP contribution in [0.25, 0.3) is 16.6 Å². The fraction of sp³-hybridized carbons (Fsp3) is 0.235. The summed E-state index contributed by atoms with van der Waals surface area (Å²) in [6.45, 7) is 6.60. The quantitative estimate of drug-likeness (QED) is 0.670. The summed E-state index contributed by atoms with van der Waals surface area (Å²) in [4.78, 5) is 0. The highest BCUT2D eigenvalue weighted by Crippen LogP contribution is 2.27. The highest BCUT2D eigenvalue weighted by atomic mass is 15.3. The first-order chi connectivity index (χ1) is 9.86. The van der Waals surface area contributed by atoms with Gasteiger partial charge in [0.2, 0.25) is 0 Å². The molecule has 0 saturated heterocycles. The van der Waals surface area contributed by atoms with Crippen LogP contribution in [0, 0.1) is 0 Å². The zero-order chi connectivity index (χ0) is 15.2. The van der Waals surface area contributed by atoms with Crippen LogP contribution in [0.15, 0.2) is 42.5 Å². The zero-order valence-electron chi connectivity index (χ0n) is 12.6. The fourth-order valence-corrected chi connectivity index (χ4v) is 2.46. The first-order valence-electron chi connectivity index (χ1n) is 7.01. The number of benzene rings is 2. The van der Waals surface area contributed by atoms with Crippen LogP contribution in [-0.2, 0) is 5.41 Å². The van der Waals surface area contributed by atoms with E-state index in [2.05, 4.69) is 50.1 Å². The van der Waals surface area contributed by atoms with Gasteiger partial charge in [0, 0.05) is 11.1 Å². The van der Waals surface area contributed by atoms with E-state index in [1.165, 1.54) is 5.56 Å². The summed E-state index contributed by atoms with van der Waals surface area (Å²) >= 11 is 0. The molecule has 0 saturated carbocycles. The Morgan fingerprint density at radius 1 is 0.952 bits per heavy atom. The Labute approximate surface area is 124 Å². The predicted molar refractivity (Wildman–Crippen MR) is 88.6 cm³/mol. The van der Waals surface area contributed by atoms with Crippen molar-refractivity contribution in [2.24, 2.45) is 0 Å². The molecule has 0 amide bonds. The molecule has 2 aromatic carbocycles. The number of aromatic nitrogens is 2. The predicted octanol–water partition coefficient (Wildman–Crippen LogP) is 3.49. The van der Waals surface area contributed by atoms with Gasteiger partial charge in [-0.1, -0.05) is 32.9 Å². The number of hydrogen-bond donors (Lipinski definition) is 2. The summed E-state index contributed by atoms with van der Waals surface area (Å²) in [5.74, 6) is 0.497. The first-order valence-corrected chi connectivity index (χ1v) is 7.01. The molecule has 3 aromatic rings. The third kappa shape index (κ3) is 2.33. The third-order valence-electron chi connectivity index (χ3n) is 3.71. The molecule has 0 aliphatic rings. The van der Waals surface area contributed by atoms with Gasteiger partial charge in [-0.15, -0.1) is 5.10 Å².